The van der Waals surface area contributed by atoms with Crippen LogP contribution < -0.4 is 5.11 Å². The smallest absolute Gasteiger partial charge is 0.339 e. The van der Waals surface area contributed by atoms with Crippen molar-refractivity contribution in [1.82, 2.24) is 0 Å². The maximum atomic E-state index is 14.0. The van der Waals surface area contributed by atoms with Gasteiger partial charge in [-0.25, -0.2) is 4.79 Å². The van der Waals surface area contributed by atoms with Crippen LogP contribution in [0.15, 0.2) is 53.0 Å². The van der Waals surface area contributed by atoms with E-state index in [1.165, 1.54) is 36.4 Å². The fourth-order valence-electron chi connectivity index (χ4n) is 1.93. The first-order valence-corrected chi connectivity index (χ1v) is 8.40. The molecule has 0 fully saturated rings. The zero-order valence-electron chi connectivity index (χ0n) is 11.8. The summed E-state index contributed by atoms with van der Waals surface area (Å²) >= 11 is 5.14. The highest BCUT2D eigenvalue weighted by Gasteiger charge is 2.45. The average Bonchev–Trinajstić information content (AvgIpc) is 2.51. The average molecular weight is 510 g/mol. The van der Waals surface area contributed by atoms with Gasteiger partial charge in [0.1, 0.15) is 5.97 Å². The minimum absolute atomic E-state index is 0.0175. The van der Waals surface area contributed by atoms with Crippen LogP contribution in [0.4, 0.5) is 8.78 Å². The number of carboxylic acid groups (broad SMARTS) is 1. The Hall–Kier alpha value is -1.55. The molecule has 2 rings (SSSR count). The highest BCUT2D eigenvalue weighted by Crippen LogP contribution is 2.35. The van der Waals surface area contributed by atoms with E-state index in [0.29, 0.717) is 8.04 Å². The second-order valence-corrected chi connectivity index (χ2v) is 6.93. The lowest BCUT2D eigenvalue weighted by molar-refractivity contribution is -0.336. The van der Waals surface area contributed by atoms with Gasteiger partial charge in [-0.05, 0) is 46.4 Å². The molecule has 0 N–H and O–H groups in total. The van der Waals surface area contributed by atoms with Crippen molar-refractivity contribution in [3.05, 3.63) is 67.7 Å². The van der Waals surface area contributed by atoms with Crippen LogP contribution in [0.25, 0.3) is 0 Å². The van der Waals surface area contributed by atoms with Gasteiger partial charge < -0.3 is 14.6 Å². The van der Waals surface area contributed by atoms with Crippen LogP contribution in [0, 0.1) is 3.57 Å². The zero-order chi connectivity index (χ0) is 17.9. The normalized spacial score (nSPS) is 12.5. The van der Waals surface area contributed by atoms with Gasteiger partial charge in [-0.3, -0.25) is 0 Å². The SMILES string of the molecule is O=C(OC(c1ccccc1)C(F)(F)C(=O)[O-])c1cc(Br)cc(I)c1. The number of alkyl halides is 2. The van der Waals surface area contributed by atoms with Gasteiger partial charge in [-0.2, -0.15) is 8.78 Å². The molecule has 4 nitrogen and oxygen atoms in total. The lowest BCUT2D eigenvalue weighted by atomic mass is 10.0. The second kappa shape index (κ2) is 7.56. The van der Waals surface area contributed by atoms with E-state index in [9.17, 15) is 23.5 Å². The number of hydrogen-bond acceptors (Lipinski definition) is 4. The van der Waals surface area contributed by atoms with E-state index in [4.69, 9.17) is 4.74 Å². The minimum Gasteiger partial charge on any atom is -0.544 e. The van der Waals surface area contributed by atoms with Crippen molar-refractivity contribution >= 4 is 50.5 Å². The number of ether oxygens (including phenoxy) is 1. The van der Waals surface area contributed by atoms with Gasteiger partial charge in [-0.15, -0.1) is 0 Å². The number of carbonyl (C=O) groups is 2. The van der Waals surface area contributed by atoms with E-state index in [2.05, 4.69) is 15.9 Å². The molecule has 0 bridgehead atoms. The summed E-state index contributed by atoms with van der Waals surface area (Å²) in [4.78, 5) is 23.0. The molecular weight excluding hydrogens is 501 g/mol. The van der Waals surface area contributed by atoms with Gasteiger partial charge >= 0.3 is 11.9 Å². The summed E-state index contributed by atoms with van der Waals surface area (Å²) in [5.74, 6) is -8.06. The molecule has 8 heteroatoms. The number of hydrogen-bond donors (Lipinski definition) is 0. The van der Waals surface area contributed by atoms with Crippen LogP contribution in [0.3, 0.4) is 0 Å². The molecule has 0 aromatic heterocycles. The summed E-state index contributed by atoms with van der Waals surface area (Å²) in [6.45, 7) is 0. The Balaban J connectivity index is 2.38. The number of esters is 1. The standard InChI is InChI=1S/C16H10BrF2IO4/c17-11-6-10(7-12(20)8-11)14(21)24-13(16(18,19)15(22)23)9-4-2-1-3-5-9/h1-8,13H,(H,22,23)/p-1. The van der Waals surface area contributed by atoms with Crippen molar-refractivity contribution in [2.75, 3.05) is 0 Å². The van der Waals surface area contributed by atoms with Crippen LogP contribution in [-0.2, 0) is 9.53 Å². The highest BCUT2D eigenvalue weighted by molar-refractivity contribution is 14.1. The van der Waals surface area contributed by atoms with E-state index in [1.807, 2.05) is 22.6 Å². The summed E-state index contributed by atoms with van der Waals surface area (Å²) in [6.07, 6.45) is -2.30. The summed E-state index contributed by atoms with van der Waals surface area (Å²) in [6, 6.07) is 11.5. The Morgan fingerprint density at radius 1 is 1.17 bits per heavy atom. The molecule has 0 radical (unpaired) electrons. The van der Waals surface area contributed by atoms with Crippen molar-refractivity contribution in [2.45, 2.75) is 12.0 Å². The third-order valence-electron chi connectivity index (χ3n) is 3.03. The highest BCUT2D eigenvalue weighted by atomic mass is 127. The van der Waals surface area contributed by atoms with Crippen molar-refractivity contribution < 1.29 is 28.2 Å². The quantitative estimate of drug-likeness (QED) is 0.458. The molecule has 0 spiro atoms. The van der Waals surface area contributed by atoms with E-state index >= 15 is 0 Å². The summed E-state index contributed by atoms with van der Waals surface area (Å²) in [5, 5.41) is 10.8. The van der Waals surface area contributed by atoms with Gasteiger partial charge in [0.05, 0.1) is 5.56 Å². The molecule has 2 aromatic rings. The van der Waals surface area contributed by atoms with Gasteiger partial charge in [0.25, 0.3) is 0 Å². The lowest BCUT2D eigenvalue weighted by Gasteiger charge is -2.27. The molecular formula is C16H9BrF2IO4-. The predicted octanol–water partition coefficient (Wildman–Crippen LogP) is 3.34. The Labute approximate surface area is 158 Å². The molecule has 24 heavy (non-hydrogen) atoms. The molecule has 0 heterocycles. The van der Waals surface area contributed by atoms with Crippen LogP contribution in [0.1, 0.15) is 22.0 Å². The number of aliphatic carboxylic acids is 1. The number of carbonyl (C=O) groups excluding carboxylic acids is 2. The van der Waals surface area contributed by atoms with Crippen LogP contribution in [-0.4, -0.2) is 17.9 Å². The summed E-state index contributed by atoms with van der Waals surface area (Å²) in [5.41, 5.74) is -0.131. The molecule has 0 saturated heterocycles. The molecule has 0 aliphatic heterocycles. The van der Waals surface area contributed by atoms with Crippen molar-refractivity contribution in [3.63, 3.8) is 0 Å². The fourth-order valence-corrected chi connectivity index (χ4v) is 3.53. The van der Waals surface area contributed by atoms with Crippen molar-refractivity contribution in [3.8, 4) is 0 Å². The lowest BCUT2D eigenvalue weighted by Crippen LogP contribution is -2.47. The molecule has 0 aliphatic rings. The Bertz CT molecular complexity index is 748. The second-order valence-electron chi connectivity index (χ2n) is 4.76. The van der Waals surface area contributed by atoms with Gasteiger partial charge in [0.2, 0.25) is 0 Å². The van der Waals surface area contributed by atoms with E-state index < -0.39 is 24.0 Å². The molecule has 2 aromatic carbocycles. The molecule has 0 amide bonds. The number of rotatable bonds is 5. The van der Waals surface area contributed by atoms with Crippen LogP contribution >= 0.6 is 38.5 Å². The molecule has 0 aliphatic carbocycles. The molecule has 1 atom stereocenters. The zero-order valence-corrected chi connectivity index (χ0v) is 15.6. The number of benzene rings is 2. The number of halogens is 4. The van der Waals surface area contributed by atoms with Crippen molar-refractivity contribution in [1.29, 1.82) is 0 Å². The molecule has 126 valence electrons. The van der Waals surface area contributed by atoms with Crippen LogP contribution in [0.5, 0.6) is 0 Å². The van der Waals surface area contributed by atoms with Crippen molar-refractivity contribution in [2.24, 2.45) is 0 Å². The summed E-state index contributed by atoms with van der Waals surface area (Å²) in [7, 11) is 0. The van der Waals surface area contributed by atoms with Gasteiger partial charge in [0, 0.05) is 8.04 Å². The first-order valence-electron chi connectivity index (χ1n) is 6.53. The first-order chi connectivity index (χ1) is 11.2. The predicted molar refractivity (Wildman–Crippen MR) is 91.4 cm³/mol. The topological polar surface area (TPSA) is 66.4 Å². The maximum Gasteiger partial charge on any atom is 0.339 e. The fraction of sp³-hybridized carbons (Fsp3) is 0.125. The first kappa shape index (κ1) is 18.8. The minimum atomic E-state index is -4.38. The van der Waals surface area contributed by atoms with E-state index in [0.717, 1.165) is 0 Å². The number of carboxylic acids is 1. The van der Waals surface area contributed by atoms with E-state index in [1.54, 1.807) is 12.1 Å². The molecule has 0 saturated carbocycles. The Morgan fingerprint density at radius 2 is 1.79 bits per heavy atom. The van der Waals surface area contributed by atoms with Gasteiger partial charge in [0.15, 0.2) is 6.10 Å². The largest absolute Gasteiger partial charge is 0.544 e. The third-order valence-corrected chi connectivity index (χ3v) is 4.11. The molecule has 1 unspecified atom stereocenters. The maximum absolute atomic E-state index is 14.0. The van der Waals surface area contributed by atoms with E-state index in [-0.39, 0.29) is 11.1 Å². The summed E-state index contributed by atoms with van der Waals surface area (Å²) < 4.78 is 34.0. The van der Waals surface area contributed by atoms with Gasteiger partial charge in [-0.1, -0.05) is 46.3 Å². The third kappa shape index (κ3) is 4.29. The Morgan fingerprint density at radius 3 is 2.33 bits per heavy atom. The Kier molecular flexibility index (Phi) is 5.92. The monoisotopic (exact) mass is 509 g/mol. The van der Waals surface area contributed by atoms with Crippen LogP contribution in [0.2, 0.25) is 0 Å².